The molecule has 4 amide bonds. The third kappa shape index (κ3) is 8.10. The van der Waals surface area contributed by atoms with E-state index in [1.807, 2.05) is 52.0 Å². The highest BCUT2D eigenvalue weighted by Gasteiger charge is 2.39. The number of methoxy groups -OCH3 is 2. The van der Waals surface area contributed by atoms with Crippen molar-refractivity contribution in [3.05, 3.63) is 72.6 Å². The van der Waals surface area contributed by atoms with Crippen LogP contribution in [-0.4, -0.2) is 99.8 Å². The first-order chi connectivity index (χ1) is 26.0. The summed E-state index contributed by atoms with van der Waals surface area (Å²) in [7, 11) is 2.56. The fraction of sp³-hybridized carbons (Fsp3) is 0.436. The van der Waals surface area contributed by atoms with Gasteiger partial charge in [0.1, 0.15) is 29.8 Å². The second-order valence-corrected chi connectivity index (χ2v) is 14.4. The number of hydrogen-bond donors (Lipinski definition) is 5. The number of nitrogens with zero attached hydrogens (tertiary/aromatic N) is 4. The number of H-pyrrole nitrogens is 2. The fourth-order valence-electron chi connectivity index (χ4n) is 7.08. The minimum absolute atomic E-state index is 0.106. The van der Waals surface area contributed by atoms with Crippen molar-refractivity contribution >= 4 is 24.0 Å². The minimum Gasteiger partial charge on any atom is -0.453 e. The summed E-state index contributed by atoms with van der Waals surface area (Å²) in [5, 5.41) is 8.61. The molecule has 2 aromatic heterocycles. The van der Waals surface area contributed by atoms with Gasteiger partial charge >= 0.3 is 12.2 Å². The maximum Gasteiger partial charge on any atom is 0.407 e. The van der Waals surface area contributed by atoms with Gasteiger partial charge in [-0.2, -0.15) is 0 Å². The number of rotatable bonds is 11. The Morgan fingerprint density at radius 3 is 1.59 bits per heavy atom. The molecule has 2 aliphatic heterocycles. The zero-order valence-corrected chi connectivity index (χ0v) is 31.5. The smallest absolute Gasteiger partial charge is 0.407 e. The van der Waals surface area contributed by atoms with E-state index in [0.29, 0.717) is 25.6 Å². The first-order valence-electron chi connectivity index (χ1n) is 18.3. The molecule has 0 radical (unpaired) electrons. The summed E-state index contributed by atoms with van der Waals surface area (Å²) in [4.78, 5) is 70.5. The number of aromatic nitrogens is 4. The SMILES string of the molecule is COC(=O)N[C@H](C(=O)N1CCC[C@H]1c1ncc(-c2ccc(-c3ccc(-c4cnc([C@@H]5CNCN5C(=O)[C@@H](NC(=O)OC)C(C)C)[nH]4)cc3)cc2)[nH]1)C(C)C. The molecule has 2 aliphatic rings. The van der Waals surface area contributed by atoms with E-state index in [2.05, 4.69) is 60.2 Å². The summed E-state index contributed by atoms with van der Waals surface area (Å²) in [5.74, 6) is 0.795. The molecule has 5 N–H and O–H groups in total. The Bertz CT molecular complexity index is 1800. The van der Waals surface area contributed by atoms with Gasteiger partial charge in [-0.05, 0) is 46.9 Å². The van der Waals surface area contributed by atoms with Gasteiger partial charge in [0.2, 0.25) is 11.8 Å². The highest BCUT2D eigenvalue weighted by Crippen LogP contribution is 2.34. The Hall–Kier alpha value is -5.70. The lowest BCUT2D eigenvalue weighted by Crippen LogP contribution is -2.51. The zero-order chi connectivity index (χ0) is 38.5. The zero-order valence-electron chi connectivity index (χ0n) is 31.5. The molecule has 4 atom stereocenters. The maximum absolute atomic E-state index is 13.5. The molecule has 0 unspecified atom stereocenters. The normalized spacial score (nSPS) is 18.1. The average Bonchev–Trinajstić information content (AvgIpc) is 4.02. The second kappa shape index (κ2) is 16.5. The Kier molecular flexibility index (Phi) is 11.6. The van der Waals surface area contributed by atoms with Crippen molar-refractivity contribution in [2.45, 2.75) is 64.7 Å². The maximum atomic E-state index is 13.5. The van der Waals surface area contributed by atoms with E-state index in [1.54, 1.807) is 22.2 Å². The molecular weight excluding hydrogens is 690 g/mol. The van der Waals surface area contributed by atoms with Crippen LogP contribution in [0.4, 0.5) is 9.59 Å². The molecule has 6 rings (SSSR count). The monoisotopic (exact) mass is 739 g/mol. The molecule has 4 heterocycles. The van der Waals surface area contributed by atoms with Gasteiger partial charge in [-0.15, -0.1) is 0 Å². The number of amides is 4. The summed E-state index contributed by atoms with van der Waals surface area (Å²) in [6, 6.07) is 14.5. The molecule has 2 saturated heterocycles. The molecule has 2 fully saturated rings. The summed E-state index contributed by atoms with van der Waals surface area (Å²) in [5.41, 5.74) is 5.70. The van der Waals surface area contributed by atoms with Gasteiger partial charge in [0.05, 0.1) is 50.7 Å². The van der Waals surface area contributed by atoms with Crippen molar-refractivity contribution in [3.63, 3.8) is 0 Å². The average molecular weight is 740 g/mol. The number of alkyl carbamates (subject to hydrolysis) is 2. The first-order valence-corrected chi connectivity index (χ1v) is 18.3. The van der Waals surface area contributed by atoms with Crippen molar-refractivity contribution in [2.24, 2.45) is 11.8 Å². The van der Waals surface area contributed by atoms with Crippen LogP contribution in [0.15, 0.2) is 60.9 Å². The number of nitrogens with one attached hydrogen (secondary N) is 5. The van der Waals surface area contributed by atoms with E-state index in [-0.39, 0.29) is 35.7 Å². The van der Waals surface area contributed by atoms with E-state index < -0.39 is 24.3 Å². The number of aromatic amines is 2. The standard InChI is InChI=1S/C39H49N9O6/c1-22(2)32(45-38(51)53-5)36(49)47-17-7-8-30(47)34-41-18-28(43-34)26-13-9-24(10-14-26)25-11-15-27(16-12-25)29-19-42-35(44-29)31-20-40-21-48(31)37(50)33(23(3)4)46-39(52)54-6/h9-16,18-19,22-23,30-33,40H,7-8,17,20-21H2,1-6H3,(H,41,43)(H,42,44)(H,45,51)(H,46,52)/t30-,31-,32-,33-/m0/s1. The van der Waals surface area contributed by atoms with Gasteiger partial charge < -0.3 is 39.9 Å². The number of hydrogen-bond acceptors (Lipinski definition) is 9. The van der Waals surface area contributed by atoms with Crippen LogP contribution in [0.3, 0.4) is 0 Å². The lowest BCUT2D eigenvalue weighted by atomic mass is 10.0. The molecule has 0 bridgehead atoms. The number of likely N-dealkylation sites (tertiary alicyclic amines) is 1. The molecule has 0 spiro atoms. The topological polar surface area (TPSA) is 187 Å². The van der Waals surface area contributed by atoms with Crippen molar-refractivity contribution < 1.29 is 28.7 Å². The Morgan fingerprint density at radius 2 is 1.13 bits per heavy atom. The summed E-state index contributed by atoms with van der Waals surface area (Å²) >= 11 is 0. The van der Waals surface area contributed by atoms with Crippen LogP contribution < -0.4 is 16.0 Å². The van der Waals surface area contributed by atoms with Crippen molar-refractivity contribution in [1.82, 2.24) is 45.7 Å². The van der Waals surface area contributed by atoms with Gasteiger partial charge in [-0.1, -0.05) is 76.2 Å². The van der Waals surface area contributed by atoms with Crippen LogP contribution in [0.5, 0.6) is 0 Å². The van der Waals surface area contributed by atoms with Crippen LogP contribution in [0.2, 0.25) is 0 Å². The Morgan fingerprint density at radius 1 is 0.685 bits per heavy atom. The Balaban J connectivity index is 1.11. The van der Waals surface area contributed by atoms with Gasteiger partial charge in [0, 0.05) is 13.1 Å². The van der Waals surface area contributed by atoms with Crippen molar-refractivity contribution in [3.8, 4) is 33.6 Å². The van der Waals surface area contributed by atoms with Crippen LogP contribution >= 0.6 is 0 Å². The lowest BCUT2D eigenvalue weighted by Gasteiger charge is -2.30. The third-order valence-electron chi connectivity index (χ3n) is 10.1. The van der Waals surface area contributed by atoms with Crippen molar-refractivity contribution in [2.75, 3.05) is 34.0 Å². The highest BCUT2D eigenvalue weighted by atomic mass is 16.5. The number of carbonyl (C=O) groups excluding carboxylic acids is 4. The predicted molar refractivity (Wildman–Crippen MR) is 202 cm³/mol. The van der Waals surface area contributed by atoms with Crippen molar-refractivity contribution in [1.29, 1.82) is 0 Å². The van der Waals surface area contributed by atoms with Crippen LogP contribution in [0.25, 0.3) is 33.6 Å². The number of carbonyl (C=O) groups is 4. The van der Waals surface area contributed by atoms with Gasteiger partial charge in [0.15, 0.2) is 0 Å². The summed E-state index contributed by atoms with van der Waals surface area (Å²) in [6.07, 6.45) is 3.92. The molecular formula is C39H49N9O6. The number of benzene rings is 2. The molecule has 286 valence electrons. The molecule has 15 heteroatoms. The van der Waals surface area contributed by atoms with E-state index >= 15 is 0 Å². The fourth-order valence-corrected chi connectivity index (χ4v) is 7.08. The molecule has 0 saturated carbocycles. The van der Waals surface area contributed by atoms with Crippen LogP contribution in [-0.2, 0) is 19.1 Å². The predicted octanol–water partition coefficient (Wildman–Crippen LogP) is 4.99. The Labute approximate surface area is 314 Å². The van der Waals surface area contributed by atoms with E-state index in [0.717, 1.165) is 52.3 Å². The first kappa shape index (κ1) is 38.0. The second-order valence-electron chi connectivity index (χ2n) is 14.4. The van der Waals surface area contributed by atoms with Crippen LogP contribution in [0, 0.1) is 11.8 Å². The third-order valence-corrected chi connectivity index (χ3v) is 10.1. The number of imidazole rings is 2. The molecule has 4 aromatic rings. The quantitative estimate of drug-likeness (QED) is 0.141. The molecule has 0 aliphatic carbocycles. The van der Waals surface area contributed by atoms with Gasteiger partial charge in [-0.3, -0.25) is 14.9 Å². The minimum atomic E-state index is -0.727. The van der Waals surface area contributed by atoms with E-state index in [9.17, 15) is 19.2 Å². The molecule has 15 nitrogen and oxygen atoms in total. The molecule has 54 heavy (non-hydrogen) atoms. The van der Waals surface area contributed by atoms with Crippen LogP contribution in [0.1, 0.15) is 64.3 Å². The lowest BCUT2D eigenvalue weighted by molar-refractivity contribution is -0.136. The van der Waals surface area contributed by atoms with Gasteiger partial charge in [-0.25, -0.2) is 19.6 Å². The summed E-state index contributed by atoms with van der Waals surface area (Å²) < 4.78 is 9.48. The molecule has 2 aromatic carbocycles. The largest absolute Gasteiger partial charge is 0.453 e. The number of ether oxygens (including phenoxy) is 2. The van der Waals surface area contributed by atoms with E-state index in [4.69, 9.17) is 9.47 Å². The summed E-state index contributed by atoms with van der Waals surface area (Å²) in [6.45, 7) is 9.02. The van der Waals surface area contributed by atoms with E-state index in [1.165, 1.54) is 14.2 Å². The van der Waals surface area contributed by atoms with Gasteiger partial charge in [0.25, 0.3) is 0 Å². The highest BCUT2D eigenvalue weighted by molar-refractivity contribution is 5.87.